The van der Waals surface area contributed by atoms with Gasteiger partial charge in [0.25, 0.3) is 0 Å². The molecule has 0 spiro atoms. The highest BCUT2D eigenvalue weighted by atomic mass is 16.6. The predicted octanol–water partition coefficient (Wildman–Crippen LogP) is 9.02. The summed E-state index contributed by atoms with van der Waals surface area (Å²) < 4.78 is 5.58. The average Bonchev–Trinajstić information content (AvgIpc) is 2.89. The van der Waals surface area contributed by atoms with E-state index < -0.39 is 12.1 Å². The Bertz CT molecular complexity index is 1080. The van der Waals surface area contributed by atoms with Gasteiger partial charge in [-0.1, -0.05) is 94.3 Å². The highest BCUT2D eigenvalue weighted by Crippen LogP contribution is 2.28. The van der Waals surface area contributed by atoms with Gasteiger partial charge in [0, 0.05) is 5.70 Å². The third-order valence-electron chi connectivity index (χ3n) is 6.71. The number of aliphatic carboxylic acids is 1. The van der Waals surface area contributed by atoms with E-state index in [1.54, 1.807) is 0 Å². The molecule has 0 aliphatic heterocycles. The number of carbonyl (C=O) groups excluding carboxylic acids is 1. The van der Waals surface area contributed by atoms with Gasteiger partial charge in [-0.2, -0.15) is 0 Å². The Balaban J connectivity index is 0.000000501. The number of aryl methyl sites for hydroxylation is 2. The number of alkyl carbamates (subject to hydrolysis) is 1. The second-order valence-corrected chi connectivity index (χ2v) is 9.98. The summed E-state index contributed by atoms with van der Waals surface area (Å²) in [5.41, 5.74) is 6.76. The normalized spacial score (nSPS) is 17.8. The molecular formula is C33H47NO4. The quantitative estimate of drug-likeness (QED) is 0.372. The van der Waals surface area contributed by atoms with Crippen molar-refractivity contribution in [3.8, 4) is 0 Å². The number of benzene rings is 2. The van der Waals surface area contributed by atoms with Crippen LogP contribution >= 0.6 is 0 Å². The van der Waals surface area contributed by atoms with Gasteiger partial charge in [0.2, 0.25) is 0 Å². The predicted molar refractivity (Wildman–Crippen MR) is 158 cm³/mol. The molecule has 1 aliphatic carbocycles. The van der Waals surface area contributed by atoms with Crippen LogP contribution in [0.1, 0.15) is 95.6 Å². The molecule has 2 unspecified atom stereocenters. The number of hydrogen-bond donors (Lipinski definition) is 2. The van der Waals surface area contributed by atoms with Gasteiger partial charge in [0.05, 0.1) is 5.92 Å². The fraction of sp³-hybridized carbons (Fsp3) is 0.455. The highest BCUT2D eigenvalue weighted by Gasteiger charge is 2.24. The molecule has 0 saturated heterocycles. The van der Waals surface area contributed by atoms with Gasteiger partial charge in [0.1, 0.15) is 6.10 Å². The summed E-state index contributed by atoms with van der Waals surface area (Å²) in [5, 5.41) is 11.5. The molecule has 2 N–H and O–H groups in total. The number of nitrogens with one attached hydrogen (secondary N) is 1. The molecule has 208 valence electrons. The van der Waals surface area contributed by atoms with Crippen LogP contribution in [-0.2, 0) is 9.53 Å². The van der Waals surface area contributed by atoms with Crippen molar-refractivity contribution in [1.29, 1.82) is 0 Å². The van der Waals surface area contributed by atoms with Crippen LogP contribution in [0.25, 0.3) is 5.57 Å². The first-order valence-electron chi connectivity index (χ1n) is 13.7. The molecule has 0 radical (unpaired) electrons. The minimum atomic E-state index is -0.605. The number of carboxylic acid groups (broad SMARTS) is 1. The lowest BCUT2D eigenvalue weighted by Gasteiger charge is -2.22. The molecule has 1 fully saturated rings. The Morgan fingerprint density at radius 1 is 1.03 bits per heavy atom. The summed E-state index contributed by atoms with van der Waals surface area (Å²) in [7, 11) is 0. The minimum absolute atomic E-state index is 0.0521. The molecule has 2 aromatic carbocycles. The van der Waals surface area contributed by atoms with Crippen LogP contribution in [0.5, 0.6) is 0 Å². The summed E-state index contributed by atoms with van der Waals surface area (Å²) in [6.07, 6.45) is 3.27. The van der Waals surface area contributed by atoms with Crippen LogP contribution in [0.4, 0.5) is 4.79 Å². The van der Waals surface area contributed by atoms with Crippen molar-refractivity contribution in [2.45, 2.75) is 87.2 Å². The van der Waals surface area contributed by atoms with Crippen molar-refractivity contribution in [2.75, 3.05) is 0 Å². The lowest BCUT2D eigenvalue weighted by Crippen LogP contribution is -2.26. The number of carbonyl (C=O) groups is 2. The first-order valence-corrected chi connectivity index (χ1v) is 13.7. The van der Waals surface area contributed by atoms with E-state index in [1.165, 1.54) is 12.0 Å². The molecule has 38 heavy (non-hydrogen) atoms. The number of hydrogen-bond acceptors (Lipinski definition) is 3. The van der Waals surface area contributed by atoms with Crippen molar-refractivity contribution < 1.29 is 19.4 Å². The monoisotopic (exact) mass is 521 g/mol. The van der Waals surface area contributed by atoms with E-state index in [1.807, 2.05) is 97.0 Å². The van der Waals surface area contributed by atoms with Crippen LogP contribution in [0.2, 0.25) is 0 Å². The van der Waals surface area contributed by atoms with Gasteiger partial charge in [0.15, 0.2) is 0 Å². The number of carboxylic acids is 1. The van der Waals surface area contributed by atoms with Gasteiger partial charge in [-0.25, -0.2) is 4.79 Å². The Labute approximate surface area is 230 Å². The average molecular weight is 522 g/mol. The third-order valence-corrected chi connectivity index (χ3v) is 6.71. The number of rotatable bonds is 6. The van der Waals surface area contributed by atoms with Gasteiger partial charge in [-0.15, -0.1) is 0 Å². The SMILES string of the molecule is C=C(C)/C(NC(=O)OC(C)c1ccccc1C)=C(\C)c1ccc(C)cc1.CC.C[C@H]1CCCC(C(=O)O)C1. The van der Waals surface area contributed by atoms with Crippen molar-refractivity contribution in [3.63, 3.8) is 0 Å². The molecule has 1 saturated carbocycles. The number of amides is 1. The Kier molecular flexibility index (Phi) is 14.2. The highest BCUT2D eigenvalue weighted by molar-refractivity contribution is 5.78. The molecule has 0 heterocycles. The maximum absolute atomic E-state index is 12.4. The summed E-state index contributed by atoms with van der Waals surface area (Å²) in [4.78, 5) is 22.9. The van der Waals surface area contributed by atoms with E-state index in [9.17, 15) is 9.59 Å². The van der Waals surface area contributed by atoms with Gasteiger partial charge < -0.3 is 9.84 Å². The van der Waals surface area contributed by atoms with E-state index in [0.717, 1.165) is 47.1 Å². The van der Waals surface area contributed by atoms with E-state index in [4.69, 9.17) is 9.84 Å². The van der Waals surface area contributed by atoms with E-state index in [0.29, 0.717) is 11.6 Å². The van der Waals surface area contributed by atoms with E-state index in [-0.39, 0.29) is 12.0 Å². The molecule has 3 rings (SSSR count). The summed E-state index contributed by atoms with van der Waals surface area (Å²) in [6, 6.07) is 16.1. The molecular weight excluding hydrogens is 474 g/mol. The van der Waals surface area contributed by atoms with E-state index >= 15 is 0 Å². The molecule has 1 amide bonds. The Hall–Kier alpha value is -3.34. The van der Waals surface area contributed by atoms with Crippen molar-refractivity contribution in [3.05, 3.63) is 88.6 Å². The van der Waals surface area contributed by atoms with Gasteiger partial charge in [-0.3, -0.25) is 10.1 Å². The lowest BCUT2D eigenvalue weighted by atomic mass is 9.83. The Morgan fingerprint density at radius 2 is 1.63 bits per heavy atom. The van der Waals surface area contributed by atoms with Crippen LogP contribution in [-0.4, -0.2) is 17.2 Å². The summed E-state index contributed by atoms with van der Waals surface area (Å²) >= 11 is 0. The molecule has 2 aromatic rings. The van der Waals surface area contributed by atoms with Crippen molar-refractivity contribution in [1.82, 2.24) is 5.32 Å². The molecule has 0 aromatic heterocycles. The molecule has 5 heteroatoms. The van der Waals surface area contributed by atoms with Crippen LogP contribution in [0.15, 0.2) is 66.4 Å². The molecule has 3 atom stereocenters. The molecule has 1 aliphatic rings. The second-order valence-electron chi connectivity index (χ2n) is 9.98. The number of allylic oxidation sites excluding steroid dienone is 2. The molecule has 0 bridgehead atoms. The number of ether oxygens (including phenoxy) is 1. The third kappa shape index (κ3) is 10.6. The summed E-state index contributed by atoms with van der Waals surface area (Å²) in [5.74, 6) is -0.0369. The topological polar surface area (TPSA) is 75.6 Å². The smallest absolute Gasteiger partial charge is 0.412 e. The first-order chi connectivity index (χ1) is 18.0. The van der Waals surface area contributed by atoms with Crippen LogP contribution < -0.4 is 5.32 Å². The second kappa shape index (κ2) is 16.5. The van der Waals surface area contributed by atoms with E-state index in [2.05, 4.69) is 18.8 Å². The molecule has 5 nitrogen and oxygen atoms in total. The maximum Gasteiger partial charge on any atom is 0.412 e. The maximum atomic E-state index is 12.4. The van der Waals surface area contributed by atoms with Crippen molar-refractivity contribution in [2.24, 2.45) is 11.8 Å². The van der Waals surface area contributed by atoms with Crippen molar-refractivity contribution >= 4 is 17.6 Å². The standard InChI is InChI=1S/C23H27NO2.C8H14O2.C2H6/c1-15(2)22(18(5)20-13-11-16(3)12-14-20)24-23(25)26-19(6)21-10-8-7-9-17(21)4;1-6-3-2-4-7(5-6)8(9)10;1-2/h7-14,19H,1H2,2-6H3,(H,24,25);6-7H,2-5H2,1H3,(H,9,10);1-2H3/b22-18-;;/t;6-,7?;/m.0./s1. The Morgan fingerprint density at radius 3 is 2.13 bits per heavy atom. The fourth-order valence-electron chi connectivity index (χ4n) is 4.53. The van der Waals surface area contributed by atoms with Gasteiger partial charge >= 0.3 is 12.1 Å². The fourth-order valence-corrected chi connectivity index (χ4v) is 4.53. The zero-order valence-electron chi connectivity index (χ0n) is 24.6. The van der Waals surface area contributed by atoms with Gasteiger partial charge in [-0.05, 0) is 81.2 Å². The minimum Gasteiger partial charge on any atom is -0.481 e. The zero-order valence-corrected chi connectivity index (χ0v) is 24.6. The lowest BCUT2D eigenvalue weighted by molar-refractivity contribution is -0.143. The summed E-state index contributed by atoms with van der Waals surface area (Å²) in [6.45, 7) is 19.9. The largest absolute Gasteiger partial charge is 0.481 e. The van der Waals surface area contributed by atoms with Crippen LogP contribution in [0.3, 0.4) is 0 Å². The first kappa shape index (κ1) is 32.7. The van der Waals surface area contributed by atoms with Crippen LogP contribution in [0, 0.1) is 25.7 Å². The zero-order chi connectivity index (χ0) is 28.8.